The molecule has 2 amide bonds. The number of hydrogen-bond donors (Lipinski definition) is 2. The molecule has 2 aromatic rings. The zero-order valence-electron chi connectivity index (χ0n) is 15.3. The van der Waals surface area contributed by atoms with Gasteiger partial charge >= 0.3 is 0 Å². The van der Waals surface area contributed by atoms with E-state index in [1.54, 1.807) is 30.9 Å². The number of hydrogen-bond acceptors (Lipinski definition) is 8. The molecule has 2 N–H and O–H groups in total. The minimum Gasteiger partial charge on any atom is -0.472 e. The second kappa shape index (κ2) is 8.57. The van der Waals surface area contributed by atoms with Crippen LogP contribution in [0.15, 0.2) is 40.2 Å². The summed E-state index contributed by atoms with van der Waals surface area (Å²) in [5.74, 6) is 0.908. The fourth-order valence-corrected chi connectivity index (χ4v) is 3.97. The lowest BCUT2D eigenvalue weighted by molar-refractivity contribution is -0.115. The molecule has 146 valence electrons. The summed E-state index contributed by atoms with van der Waals surface area (Å²) >= 11 is 0.891. The summed E-state index contributed by atoms with van der Waals surface area (Å²) in [6, 6.07) is 3.71. The maximum atomic E-state index is 11.7. The summed E-state index contributed by atoms with van der Waals surface area (Å²) in [4.78, 5) is 34.4. The van der Waals surface area contributed by atoms with Crippen LogP contribution in [0.1, 0.15) is 24.1 Å². The van der Waals surface area contributed by atoms with Gasteiger partial charge in [-0.2, -0.15) is 0 Å². The standard InChI is InChI=1S/C19H21N5O3S/c25-17-16(28-19(26)23-17)9-15-1-5-21-18(22-15)24-6-2-13(3-7-24)10-20-11-14-4-8-27-12-14/h1,4-5,8-9,12-13,20H,2-3,6-7,10-11H2,(H,23,25,26)/b16-9-. The molecule has 0 saturated carbocycles. The monoisotopic (exact) mass is 399 g/mol. The second-order valence-electron chi connectivity index (χ2n) is 6.83. The second-order valence-corrected chi connectivity index (χ2v) is 7.84. The summed E-state index contributed by atoms with van der Waals surface area (Å²) < 4.78 is 5.08. The van der Waals surface area contributed by atoms with Crippen LogP contribution in [0, 0.1) is 5.92 Å². The van der Waals surface area contributed by atoms with Crippen molar-refractivity contribution >= 4 is 34.9 Å². The minimum atomic E-state index is -0.376. The van der Waals surface area contributed by atoms with Crippen molar-refractivity contribution in [2.75, 3.05) is 24.5 Å². The lowest BCUT2D eigenvalue weighted by Crippen LogP contribution is -2.38. The largest absolute Gasteiger partial charge is 0.472 e. The summed E-state index contributed by atoms with van der Waals surface area (Å²) in [7, 11) is 0. The Balaban J connectivity index is 1.30. The van der Waals surface area contributed by atoms with Gasteiger partial charge < -0.3 is 14.6 Å². The number of nitrogens with one attached hydrogen (secondary N) is 2. The van der Waals surface area contributed by atoms with E-state index in [1.165, 1.54) is 0 Å². The van der Waals surface area contributed by atoms with Gasteiger partial charge in [0, 0.05) is 31.4 Å². The number of thioether (sulfide) groups is 1. The van der Waals surface area contributed by atoms with Crippen LogP contribution >= 0.6 is 11.8 Å². The molecular formula is C19H21N5O3S. The highest BCUT2D eigenvalue weighted by Gasteiger charge is 2.25. The number of amides is 2. The van der Waals surface area contributed by atoms with Crippen molar-refractivity contribution in [1.82, 2.24) is 20.6 Å². The zero-order valence-corrected chi connectivity index (χ0v) is 16.1. The van der Waals surface area contributed by atoms with Gasteiger partial charge in [0.25, 0.3) is 11.1 Å². The Kier molecular flexibility index (Phi) is 5.73. The quantitative estimate of drug-likeness (QED) is 0.714. The van der Waals surface area contributed by atoms with Gasteiger partial charge in [0.15, 0.2) is 0 Å². The van der Waals surface area contributed by atoms with E-state index in [4.69, 9.17) is 4.42 Å². The number of carbonyl (C=O) groups is 2. The van der Waals surface area contributed by atoms with Crippen molar-refractivity contribution in [2.45, 2.75) is 19.4 Å². The number of imide groups is 1. The molecule has 0 radical (unpaired) electrons. The lowest BCUT2D eigenvalue weighted by atomic mass is 9.97. The third kappa shape index (κ3) is 4.60. The molecule has 4 rings (SSSR count). The maximum absolute atomic E-state index is 11.7. The van der Waals surface area contributed by atoms with Crippen molar-refractivity contribution in [3.8, 4) is 0 Å². The molecule has 0 aromatic carbocycles. The number of anilines is 1. The van der Waals surface area contributed by atoms with Crippen LogP contribution in [0.5, 0.6) is 0 Å². The van der Waals surface area contributed by atoms with E-state index in [1.807, 2.05) is 6.07 Å². The first-order chi connectivity index (χ1) is 13.7. The molecule has 8 nitrogen and oxygen atoms in total. The summed E-state index contributed by atoms with van der Waals surface area (Å²) in [6.45, 7) is 3.59. The van der Waals surface area contributed by atoms with Gasteiger partial charge in [-0.05, 0) is 55.3 Å². The molecule has 0 bridgehead atoms. The van der Waals surface area contributed by atoms with Crippen LogP contribution < -0.4 is 15.5 Å². The van der Waals surface area contributed by atoms with Crippen molar-refractivity contribution < 1.29 is 14.0 Å². The average molecular weight is 399 g/mol. The molecule has 0 aliphatic carbocycles. The van der Waals surface area contributed by atoms with Crippen molar-refractivity contribution in [3.63, 3.8) is 0 Å². The van der Waals surface area contributed by atoms with Crippen LogP contribution in [-0.4, -0.2) is 40.7 Å². The molecule has 2 fully saturated rings. The number of carbonyl (C=O) groups excluding carboxylic acids is 2. The van der Waals surface area contributed by atoms with Crippen LogP contribution in [0.4, 0.5) is 10.7 Å². The predicted molar refractivity (Wildman–Crippen MR) is 106 cm³/mol. The van der Waals surface area contributed by atoms with E-state index >= 15 is 0 Å². The van der Waals surface area contributed by atoms with Crippen LogP contribution in [0.3, 0.4) is 0 Å². The lowest BCUT2D eigenvalue weighted by Gasteiger charge is -2.32. The first-order valence-corrected chi connectivity index (χ1v) is 10.0. The topological polar surface area (TPSA) is 100 Å². The molecule has 9 heteroatoms. The fraction of sp³-hybridized carbons (Fsp3) is 0.368. The first kappa shape index (κ1) is 18.7. The highest BCUT2D eigenvalue weighted by Crippen LogP contribution is 2.26. The molecule has 0 unspecified atom stereocenters. The van der Waals surface area contributed by atoms with E-state index in [0.717, 1.165) is 56.3 Å². The average Bonchev–Trinajstić information content (AvgIpc) is 3.32. The molecule has 0 atom stereocenters. The van der Waals surface area contributed by atoms with Crippen LogP contribution in [0.25, 0.3) is 6.08 Å². The highest BCUT2D eigenvalue weighted by atomic mass is 32.2. The summed E-state index contributed by atoms with van der Waals surface area (Å²) in [5, 5.41) is 5.38. The third-order valence-electron chi connectivity index (χ3n) is 4.83. The van der Waals surface area contributed by atoms with Crippen LogP contribution in [0.2, 0.25) is 0 Å². The Bertz CT molecular complexity index is 875. The Morgan fingerprint density at radius 3 is 2.89 bits per heavy atom. The van der Waals surface area contributed by atoms with E-state index in [0.29, 0.717) is 22.5 Å². The molecule has 2 saturated heterocycles. The van der Waals surface area contributed by atoms with E-state index in [9.17, 15) is 9.59 Å². The molecule has 0 spiro atoms. The van der Waals surface area contributed by atoms with Crippen molar-refractivity contribution in [1.29, 1.82) is 0 Å². The number of furan rings is 1. The molecule has 2 aliphatic heterocycles. The normalized spacial score (nSPS) is 19.4. The van der Waals surface area contributed by atoms with E-state index in [2.05, 4.69) is 25.5 Å². The number of aromatic nitrogens is 2. The zero-order chi connectivity index (χ0) is 19.3. The van der Waals surface area contributed by atoms with E-state index in [-0.39, 0.29) is 11.1 Å². The Morgan fingerprint density at radius 2 is 2.18 bits per heavy atom. The maximum Gasteiger partial charge on any atom is 0.290 e. The summed E-state index contributed by atoms with van der Waals surface area (Å²) in [6.07, 6.45) is 8.91. The highest BCUT2D eigenvalue weighted by molar-refractivity contribution is 8.18. The van der Waals surface area contributed by atoms with Crippen molar-refractivity contribution in [3.05, 3.63) is 47.0 Å². The molecule has 28 heavy (non-hydrogen) atoms. The molecule has 4 heterocycles. The SMILES string of the molecule is O=C1NC(=O)/C(=C/c2ccnc(N3CCC(CNCc4ccoc4)CC3)n2)S1. The summed E-state index contributed by atoms with van der Waals surface area (Å²) in [5.41, 5.74) is 1.79. The Labute approximate surface area is 166 Å². The van der Waals surface area contributed by atoms with Crippen molar-refractivity contribution in [2.24, 2.45) is 5.92 Å². The van der Waals surface area contributed by atoms with Gasteiger partial charge in [-0.3, -0.25) is 14.9 Å². The Hall–Kier alpha value is -2.65. The number of rotatable bonds is 6. The van der Waals surface area contributed by atoms with E-state index < -0.39 is 0 Å². The third-order valence-corrected chi connectivity index (χ3v) is 5.64. The molecule has 2 aromatic heterocycles. The predicted octanol–water partition coefficient (Wildman–Crippen LogP) is 2.40. The number of piperidine rings is 1. The van der Waals surface area contributed by atoms with Gasteiger partial charge in [-0.25, -0.2) is 9.97 Å². The molecular weight excluding hydrogens is 378 g/mol. The number of nitrogens with zero attached hydrogens (tertiary/aromatic N) is 3. The van der Waals surface area contributed by atoms with Gasteiger partial charge in [-0.15, -0.1) is 0 Å². The van der Waals surface area contributed by atoms with Gasteiger partial charge in [0.2, 0.25) is 5.95 Å². The van der Waals surface area contributed by atoms with Crippen LogP contribution in [-0.2, 0) is 11.3 Å². The van der Waals surface area contributed by atoms with Gasteiger partial charge in [0.05, 0.1) is 23.1 Å². The Morgan fingerprint density at radius 1 is 1.32 bits per heavy atom. The minimum absolute atomic E-state index is 0.353. The smallest absolute Gasteiger partial charge is 0.290 e. The molecule has 2 aliphatic rings. The fourth-order valence-electron chi connectivity index (χ4n) is 3.30. The van der Waals surface area contributed by atoms with Gasteiger partial charge in [-0.1, -0.05) is 0 Å². The van der Waals surface area contributed by atoms with Gasteiger partial charge in [0.1, 0.15) is 0 Å². The first-order valence-electron chi connectivity index (χ1n) is 9.22.